The van der Waals surface area contributed by atoms with Gasteiger partial charge < -0.3 is 24.3 Å². The molecule has 1 aromatic rings. The summed E-state index contributed by atoms with van der Waals surface area (Å²) in [6.45, 7) is 4.22. The maximum absolute atomic E-state index is 12.8. The number of amides is 2. The molecule has 2 atom stereocenters. The molecule has 1 aromatic heterocycles. The highest BCUT2D eigenvalue weighted by atomic mass is 16.5. The van der Waals surface area contributed by atoms with Crippen LogP contribution in [0.15, 0.2) is 0 Å². The van der Waals surface area contributed by atoms with Gasteiger partial charge in [-0.2, -0.15) is 0 Å². The second-order valence-corrected chi connectivity index (χ2v) is 7.12. The fourth-order valence-corrected chi connectivity index (χ4v) is 3.92. The summed E-state index contributed by atoms with van der Waals surface area (Å²) in [6, 6.07) is -0.0682. The highest BCUT2D eigenvalue weighted by Crippen LogP contribution is 2.18. The van der Waals surface area contributed by atoms with Crippen LogP contribution in [0, 0.1) is 0 Å². The number of urea groups is 1. The number of hydrogen-bond acceptors (Lipinski definition) is 5. The summed E-state index contributed by atoms with van der Waals surface area (Å²) in [4.78, 5) is 14.6. The maximum Gasteiger partial charge on any atom is 0.317 e. The zero-order chi connectivity index (χ0) is 17.1. The summed E-state index contributed by atoms with van der Waals surface area (Å²) in [5.74, 6) is 1.87. The minimum absolute atomic E-state index is 0.0682. The molecule has 0 aromatic carbocycles. The van der Waals surface area contributed by atoms with Crippen LogP contribution in [-0.2, 0) is 29.0 Å². The Morgan fingerprint density at radius 2 is 1.84 bits per heavy atom. The summed E-state index contributed by atoms with van der Waals surface area (Å²) in [5.41, 5.74) is 0. The molecule has 0 saturated carbocycles. The average molecular weight is 349 g/mol. The SMILES string of the molecule is O=C(NCc1nnc2n1CCC2)N(CC1CCCO1)CC1CCCO1. The molecule has 3 aliphatic heterocycles. The molecule has 8 nitrogen and oxygen atoms in total. The number of carbonyl (C=O) groups is 1. The molecular weight excluding hydrogens is 322 g/mol. The number of ether oxygens (including phenoxy) is 2. The van der Waals surface area contributed by atoms with E-state index in [2.05, 4.69) is 20.1 Å². The lowest BCUT2D eigenvalue weighted by molar-refractivity contribution is 0.0497. The molecular formula is C17H27N5O3. The highest BCUT2D eigenvalue weighted by Gasteiger charge is 2.27. The zero-order valence-corrected chi connectivity index (χ0v) is 14.7. The first-order valence-electron chi connectivity index (χ1n) is 9.46. The van der Waals surface area contributed by atoms with Crippen LogP contribution in [0.3, 0.4) is 0 Å². The Labute approximate surface area is 147 Å². The van der Waals surface area contributed by atoms with Crippen molar-refractivity contribution in [2.24, 2.45) is 0 Å². The van der Waals surface area contributed by atoms with Gasteiger partial charge in [-0.05, 0) is 32.1 Å². The smallest absolute Gasteiger partial charge is 0.317 e. The molecule has 2 fully saturated rings. The van der Waals surface area contributed by atoms with Gasteiger partial charge in [0.05, 0.1) is 18.8 Å². The minimum atomic E-state index is -0.0682. The van der Waals surface area contributed by atoms with Crippen molar-refractivity contribution >= 4 is 6.03 Å². The monoisotopic (exact) mass is 349 g/mol. The number of carbonyl (C=O) groups excluding carboxylic acids is 1. The first kappa shape index (κ1) is 16.8. The van der Waals surface area contributed by atoms with Gasteiger partial charge in [-0.15, -0.1) is 10.2 Å². The summed E-state index contributed by atoms with van der Waals surface area (Å²) < 4.78 is 13.6. The summed E-state index contributed by atoms with van der Waals surface area (Å²) in [7, 11) is 0. The van der Waals surface area contributed by atoms with Crippen LogP contribution in [0.1, 0.15) is 43.8 Å². The van der Waals surface area contributed by atoms with Gasteiger partial charge in [-0.3, -0.25) is 0 Å². The second kappa shape index (κ2) is 7.70. The molecule has 4 heterocycles. The summed E-state index contributed by atoms with van der Waals surface area (Å²) in [5, 5.41) is 11.4. The lowest BCUT2D eigenvalue weighted by atomic mass is 10.2. The van der Waals surface area contributed by atoms with Crippen molar-refractivity contribution in [2.75, 3.05) is 26.3 Å². The molecule has 0 radical (unpaired) electrons. The first-order valence-corrected chi connectivity index (χ1v) is 9.46. The molecule has 4 rings (SSSR count). The van der Waals surface area contributed by atoms with Crippen LogP contribution in [0.4, 0.5) is 4.79 Å². The summed E-state index contributed by atoms with van der Waals surface area (Å²) >= 11 is 0. The van der Waals surface area contributed by atoms with E-state index in [-0.39, 0.29) is 18.2 Å². The van der Waals surface area contributed by atoms with Crippen LogP contribution in [0.25, 0.3) is 0 Å². The third-order valence-corrected chi connectivity index (χ3v) is 5.27. The van der Waals surface area contributed by atoms with E-state index in [9.17, 15) is 4.79 Å². The van der Waals surface area contributed by atoms with Crippen LogP contribution in [0.2, 0.25) is 0 Å². The Morgan fingerprint density at radius 1 is 1.12 bits per heavy atom. The van der Waals surface area contributed by atoms with E-state index in [0.29, 0.717) is 19.6 Å². The zero-order valence-electron chi connectivity index (χ0n) is 14.7. The first-order chi connectivity index (χ1) is 12.3. The Hall–Kier alpha value is -1.67. The van der Waals surface area contributed by atoms with Crippen LogP contribution < -0.4 is 5.32 Å². The van der Waals surface area contributed by atoms with Crippen molar-refractivity contribution in [1.82, 2.24) is 25.0 Å². The van der Waals surface area contributed by atoms with E-state index < -0.39 is 0 Å². The van der Waals surface area contributed by atoms with E-state index >= 15 is 0 Å². The maximum atomic E-state index is 12.8. The van der Waals surface area contributed by atoms with Crippen molar-refractivity contribution in [2.45, 2.75) is 63.8 Å². The number of aryl methyl sites for hydroxylation is 1. The lowest BCUT2D eigenvalue weighted by Gasteiger charge is -2.27. The van der Waals surface area contributed by atoms with Gasteiger partial charge in [-0.25, -0.2) is 4.79 Å². The van der Waals surface area contributed by atoms with Gasteiger partial charge in [-0.1, -0.05) is 0 Å². The Kier molecular flexibility index (Phi) is 5.17. The van der Waals surface area contributed by atoms with Crippen molar-refractivity contribution in [1.29, 1.82) is 0 Å². The number of fused-ring (bicyclic) bond motifs is 1. The molecule has 2 saturated heterocycles. The van der Waals surface area contributed by atoms with Crippen molar-refractivity contribution in [3.05, 3.63) is 11.6 Å². The van der Waals surface area contributed by atoms with Gasteiger partial charge in [0.25, 0.3) is 0 Å². The summed E-state index contributed by atoms with van der Waals surface area (Å²) in [6.07, 6.45) is 6.56. The molecule has 1 N–H and O–H groups in total. The highest BCUT2D eigenvalue weighted by molar-refractivity contribution is 5.74. The number of hydrogen-bond donors (Lipinski definition) is 1. The fourth-order valence-electron chi connectivity index (χ4n) is 3.92. The fraction of sp³-hybridized carbons (Fsp3) is 0.824. The Balaban J connectivity index is 1.35. The van der Waals surface area contributed by atoms with Crippen molar-refractivity contribution in [3.8, 4) is 0 Å². The van der Waals surface area contributed by atoms with Crippen molar-refractivity contribution < 1.29 is 14.3 Å². The average Bonchev–Trinajstić information content (AvgIpc) is 3.37. The minimum Gasteiger partial charge on any atom is -0.376 e. The Morgan fingerprint density at radius 3 is 2.48 bits per heavy atom. The predicted octanol–water partition coefficient (Wildman–Crippen LogP) is 1.09. The quantitative estimate of drug-likeness (QED) is 0.831. The van der Waals surface area contributed by atoms with Gasteiger partial charge in [0.15, 0.2) is 5.82 Å². The van der Waals surface area contributed by atoms with Crippen LogP contribution in [0.5, 0.6) is 0 Å². The van der Waals surface area contributed by atoms with Gasteiger partial charge >= 0.3 is 6.03 Å². The number of nitrogens with one attached hydrogen (secondary N) is 1. The van der Waals surface area contributed by atoms with Gasteiger partial charge in [0.2, 0.25) is 0 Å². The van der Waals surface area contributed by atoms with Crippen LogP contribution in [-0.4, -0.2) is 64.2 Å². The molecule has 25 heavy (non-hydrogen) atoms. The molecule has 3 aliphatic rings. The van der Waals surface area contributed by atoms with Gasteiger partial charge in [0.1, 0.15) is 5.82 Å². The standard InChI is InChI=1S/C17H27N5O3/c23-17(18-10-16-20-19-15-6-1-7-22(15)16)21(11-13-4-2-8-24-13)12-14-5-3-9-25-14/h13-14H,1-12H2,(H,18,23). The third kappa shape index (κ3) is 3.95. The third-order valence-electron chi connectivity index (χ3n) is 5.27. The van der Waals surface area contributed by atoms with Crippen molar-refractivity contribution in [3.63, 3.8) is 0 Å². The largest absolute Gasteiger partial charge is 0.376 e. The second-order valence-electron chi connectivity index (χ2n) is 7.12. The van der Waals surface area contributed by atoms with E-state index in [1.165, 1.54) is 0 Å². The molecule has 2 unspecified atom stereocenters. The predicted molar refractivity (Wildman–Crippen MR) is 90.1 cm³/mol. The normalized spacial score (nSPS) is 25.3. The topological polar surface area (TPSA) is 81.5 Å². The van der Waals surface area contributed by atoms with Gasteiger partial charge in [0, 0.05) is 39.3 Å². The molecule has 138 valence electrons. The van der Waals surface area contributed by atoms with E-state index in [1.54, 1.807) is 0 Å². The van der Waals surface area contributed by atoms with Crippen LogP contribution >= 0.6 is 0 Å². The number of nitrogens with zero attached hydrogens (tertiary/aromatic N) is 4. The molecule has 8 heteroatoms. The number of aromatic nitrogens is 3. The Bertz CT molecular complexity index is 575. The number of rotatable bonds is 6. The van der Waals surface area contributed by atoms with E-state index in [0.717, 1.165) is 69.9 Å². The van der Waals surface area contributed by atoms with E-state index in [1.807, 2.05) is 4.90 Å². The molecule has 0 bridgehead atoms. The van der Waals surface area contributed by atoms with E-state index in [4.69, 9.17) is 9.47 Å². The molecule has 0 aliphatic carbocycles. The lowest BCUT2D eigenvalue weighted by Crippen LogP contribution is -2.47. The molecule has 2 amide bonds. The molecule has 0 spiro atoms.